The Balaban J connectivity index is 1.56. The van der Waals surface area contributed by atoms with E-state index in [9.17, 15) is 0 Å². The molecule has 6 rings (SSSR count). The van der Waals surface area contributed by atoms with Gasteiger partial charge in [-0.2, -0.15) is 0 Å². The van der Waals surface area contributed by atoms with Gasteiger partial charge in [0.2, 0.25) is 0 Å². The van der Waals surface area contributed by atoms with E-state index in [-0.39, 0.29) is 10.8 Å². The van der Waals surface area contributed by atoms with E-state index in [1.54, 1.807) is 22.3 Å². The fourth-order valence-electron chi connectivity index (χ4n) is 9.05. The Morgan fingerprint density at radius 2 is 0.889 bits per heavy atom. The molecule has 0 saturated heterocycles. The second-order valence-electron chi connectivity index (χ2n) is 16.6. The standard InChI is InChI=1S/C44H52Si/c1-29-27-35-33(31-19-13-11-14-20-31)23-17-25-37(43(3,4)5)39(35)41(29)45(9,10)42-30(2)28-36-34(32-21-15-12-16-22-32)24-18-26-38(40(36)42)44(6,7)8/h11-28,37-38,41-42H,1-10H3. The second kappa shape index (κ2) is 11.4. The molecule has 232 valence electrons. The summed E-state index contributed by atoms with van der Waals surface area (Å²) in [6.45, 7) is 24.9. The van der Waals surface area contributed by atoms with E-state index in [2.05, 4.69) is 178 Å². The topological polar surface area (TPSA) is 0 Å². The van der Waals surface area contributed by atoms with Crippen molar-refractivity contribution in [3.8, 4) is 0 Å². The molecule has 4 aliphatic rings. The van der Waals surface area contributed by atoms with Gasteiger partial charge in [-0.3, -0.25) is 0 Å². The summed E-state index contributed by atoms with van der Waals surface area (Å²) in [5, 5.41) is 0. The van der Waals surface area contributed by atoms with E-state index in [4.69, 9.17) is 0 Å². The molecule has 4 aliphatic carbocycles. The Hall–Kier alpha value is -3.42. The zero-order chi connectivity index (χ0) is 32.3. The van der Waals surface area contributed by atoms with Crippen molar-refractivity contribution in [3.63, 3.8) is 0 Å². The van der Waals surface area contributed by atoms with E-state index >= 15 is 0 Å². The second-order valence-corrected chi connectivity index (χ2v) is 21.3. The molecule has 0 N–H and O–H groups in total. The molecule has 4 atom stereocenters. The smallest absolute Gasteiger partial charge is 0.0714 e. The highest BCUT2D eigenvalue weighted by Gasteiger charge is 2.52. The summed E-state index contributed by atoms with van der Waals surface area (Å²) in [4.78, 5) is 0. The first-order valence-corrected chi connectivity index (χ1v) is 20.1. The van der Waals surface area contributed by atoms with Crippen LogP contribution in [0, 0.1) is 22.7 Å². The Labute approximate surface area is 274 Å². The molecule has 2 aromatic carbocycles. The molecule has 4 unspecified atom stereocenters. The van der Waals surface area contributed by atoms with Crippen LogP contribution in [-0.4, -0.2) is 8.07 Å². The Morgan fingerprint density at radius 1 is 0.533 bits per heavy atom. The van der Waals surface area contributed by atoms with Gasteiger partial charge >= 0.3 is 0 Å². The molecule has 0 aliphatic heterocycles. The van der Waals surface area contributed by atoms with Crippen molar-refractivity contribution < 1.29 is 0 Å². The highest BCUT2D eigenvalue weighted by Crippen LogP contribution is 2.62. The minimum absolute atomic E-state index is 0.117. The molecule has 0 nitrogen and oxygen atoms in total. The van der Waals surface area contributed by atoms with Gasteiger partial charge in [0, 0.05) is 11.8 Å². The maximum atomic E-state index is 2.71. The summed E-state index contributed by atoms with van der Waals surface area (Å²) in [6.07, 6.45) is 19.6. The summed E-state index contributed by atoms with van der Waals surface area (Å²) in [6, 6.07) is 22.1. The molecule has 45 heavy (non-hydrogen) atoms. The minimum Gasteiger partial charge on any atom is -0.0768 e. The molecule has 0 bridgehead atoms. The average Bonchev–Trinajstić information content (AvgIpc) is 3.34. The first-order valence-electron chi connectivity index (χ1n) is 16.9. The van der Waals surface area contributed by atoms with Gasteiger partial charge in [0.15, 0.2) is 0 Å². The highest BCUT2D eigenvalue weighted by atomic mass is 28.3. The third kappa shape index (κ3) is 5.52. The van der Waals surface area contributed by atoms with Crippen LogP contribution in [0.5, 0.6) is 0 Å². The average molecular weight is 609 g/mol. The number of rotatable bonds is 4. The van der Waals surface area contributed by atoms with E-state index in [0.29, 0.717) is 22.9 Å². The fourth-order valence-corrected chi connectivity index (χ4v) is 14.2. The maximum absolute atomic E-state index is 2.71. The van der Waals surface area contributed by atoms with Gasteiger partial charge < -0.3 is 0 Å². The van der Waals surface area contributed by atoms with Crippen LogP contribution in [0.3, 0.4) is 0 Å². The Kier molecular flexibility index (Phi) is 8.01. The predicted molar refractivity (Wildman–Crippen MR) is 200 cm³/mol. The summed E-state index contributed by atoms with van der Waals surface area (Å²) < 4.78 is 0. The zero-order valence-electron chi connectivity index (χ0n) is 29.2. The van der Waals surface area contributed by atoms with Gasteiger partial charge in [0.25, 0.3) is 0 Å². The van der Waals surface area contributed by atoms with Crippen molar-refractivity contribution in [3.05, 3.63) is 154 Å². The summed E-state index contributed by atoms with van der Waals surface area (Å²) in [5.74, 6) is 0.753. The number of hydrogen-bond acceptors (Lipinski definition) is 0. The van der Waals surface area contributed by atoms with Crippen molar-refractivity contribution in [1.82, 2.24) is 0 Å². The van der Waals surface area contributed by atoms with Crippen molar-refractivity contribution in [1.29, 1.82) is 0 Å². The predicted octanol–water partition coefficient (Wildman–Crippen LogP) is 12.6. The van der Waals surface area contributed by atoms with E-state index in [0.717, 1.165) is 0 Å². The molecular weight excluding hydrogens is 557 g/mol. The van der Waals surface area contributed by atoms with E-state index < -0.39 is 8.07 Å². The third-order valence-corrected chi connectivity index (χ3v) is 15.3. The molecule has 0 aromatic heterocycles. The van der Waals surface area contributed by atoms with Crippen molar-refractivity contribution in [2.24, 2.45) is 22.7 Å². The van der Waals surface area contributed by atoms with E-state index in [1.165, 1.54) is 33.4 Å². The molecule has 0 spiro atoms. The normalized spacial score (nSPS) is 25.3. The summed E-state index contributed by atoms with van der Waals surface area (Å²) in [7, 11) is -2.10. The Morgan fingerprint density at radius 3 is 1.22 bits per heavy atom. The fraction of sp³-hybridized carbons (Fsp3) is 0.364. The van der Waals surface area contributed by atoms with Crippen molar-refractivity contribution in [2.45, 2.75) is 79.6 Å². The largest absolute Gasteiger partial charge is 0.0768 e. The van der Waals surface area contributed by atoms with Crippen LogP contribution in [-0.2, 0) is 0 Å². The quantitative estimate of drug-likeness (QED) is 0.303. The summed E-state index contributed by atoms with van der Waals surface area (Å²) in [5.41, 5.74) is 15.9. The first-order chi connectivity index (χ1) is 21.2. The lowest BCUT2D eigenvalue weighted by Gasteiger charge is -2.46. The molecule has 0 fully saturated rings. The lowest BCUT2D eigenvalue weighted by molar-refractivity contribution is 0.324. The van der Waals surface area contributed by atoms with Gasteiger partial charge in [-0.05, 0) is 69.2 Å². The first kappa shape index (κ1) is 31.6. The SMILES string of the molecule is CC1=CC2=C(C(C(C)(C)C)C=CC=C2c2ccccc2)C1[Si](C)(C)C1C(C)=CC2=C1C(C(C)(C)C)C=CC=C2c1ccccc1. The lowest BCUT2D eigenvalue weighted by Crippen LogP contribution is -2.43. The molecule has 0 amide bonds. The van der Waals surface area contributed by atoms with Crippen molar-refractivity contribution >= 4 is 19.2 Å². The lowest BCUT2D eigenvalue weighted by atomic mass is 9.74. The Bertz CT molecular complexity index is 1600. The van der Waals surface area contributed by atoms with Gasteiger partial charge in [-0.15, -0.1) is 0 Å². The molecule has 0 saturated carbocycles. The van der Waals surface area contributed by atoms with Crippen molar-refractivity contribution in [2.75, 3.05) is 0 Å². The highest BCUT2D eigenvalue weighted by molar-refractivity contribution is 6.83. The number of hydrogen-bond donors (Lipinski definition) is 0. The maximum Gasteiger partial charge on any atom is 0.0714 e. The summed E-state index contributed by atoms with van der Waals surface area (Å²) >= 11 is 0. The number of allylic oxidation sites excluding steroid dienone is 16. The van der Waals surface area contributed by atoms with E-state index in [1.807, 2.05) is 0 Å². The van der Waals surface area contributed by atoms with Gasteiger partial charge in [-0.25, -0.2) is 0 Å². The van der Waals surface area contributed by atoms with Crippen LogP contribution >= 0.6 is 0 Å². The van der Waals surface area contributed by atoms with Crippen LogP contribution in [0.4, 0.5) is 0 Å². The number of benzene rings is 2. The molecule has 1 heteroatoms. The van der Waals surface area contributed by atoms with Gasteiger partial charge in [-0.1, -0.05) is 186 Å². The zero-order valence-corrected chi connectivity index (χ0v) is 30.2. The van der Waals surface area contributed by atoms with Gasteiger partial charge in [0.1, 0.15) is 0 Å². The minimum atomic E-state index is -2.10. The van der Waals surface area contributed by atoms with Crippen LogP contribution in [0.1, 0.15) is 66.5 Å². The van der Waals surface area contributed by atoms with Crippen LogP contribution in [0.2, 0.25) is 24.2 Å². The molecular formula is C44H52Si. The van der Waals surface area contributed by atoms with Gasteiger partial charge in [0.05, 0.1) is 8.07 Å². The molecule has 0 heterocycles. The molecule has 2 aromatic rings. The molecule has 0 radical (unpaired) electrons. The van der Waals surface area contributed by atoms with Crippen LogP contribution < -0.4 is 0 Å². The third-order valence-electron chi connectivity index (χ3n) is 10.8. The van der Waals surface area contributed by atoms with Crippen LogP contribution in [0.15, 0.2) is 143 Å². The monoisotopic (exact) mass is 608 g/mol. The van der Waals surface area contributed by atoms with Crippen LogP contribution in [0.25, 0.3) is 11.1 Å².